The molecule has 9 heavy (non-hydrogen) atoms. The van der Waals surface area contributed by atoms with Crippen LogP contribution in [0.3, 0.4) is 0 Å². The number of hydrogen-bond donors (Lipinski definition) is 0. The lowest BCUT2D eigenvalue weighted by molar-refractivity contribution is 0.217. The second-order valence-corrected chi connectivity index (χ2v) is 1.41. The van der Waals surface area contributed by atoms with Gasteiger partial charge in [0.05, 0.1) is 0 Å². The molecule has 0 aliphatic heterocycles. The van der Waals surface area contributed by atoms with Crippen molar-refractivity contribution in [1.29, 1.82) is 0 Å². The van der Waals surface area contributed by atoms with Gasteiger partial charge in [-0.15, -0.1) is 0 Å². The molecule has 0 amide bonds. The minimum atomic E-state index is -0.499. The van der Waals surface area contributed by atoms with E-state index in [-0.39, 0.29) is 6.61 Å². The maximum atomic E-state index is 11.4. The molecular weight excluding hydrogens is 123 g/mol. The maximum absolute atomic E-state index is 11.4. The fraction of sp³-hybridized carbons (Fsp3) is 0.333. The van der Waals surface area contributed by atoms with E-state index in [0.717, 1.165) is 0 Å². The monoisotopic (exact) mass is 129 g/mol. The minimum absolute atomic E-state index is 0.0430. The molecule has 1 aromatic rings. The summed E-state index contributed by atoms with van der Waals surface area (Å²) in [5.41, 5.74) is 0. The lowest BCUT2D eigenvalue weighted by atomic mass is 10.6. The zero-order chi connectivity index (χ0) is 6.53. The van der Waals surface area contributed by atoms with Gasteiger partial charge in [-0.2, -0.15) is 0 Å². The first-order valence-electron chi connectivity index (χ1n) is 2.58. The fourth-order valence-corrected chi connectivity index (χ4v) is 0.445. The van der Waals surface area contributed by atoms with Gasteiger partial charge in [0.2, 0.25) is 0 Å². The van der Waals surface area contributed by atoms with Gasteiger partial charge in [-0.25, -0.2) is 4.39 Å². The quantitative estimate of drug-likeness (QED) is 0.615. The van der Waals surface area contributed by atoms with Gasteiger partial charge in [-0.05, 0) is 6.07 Å². The van der Waals surface area contributed by atoms with E-state index in [2.05, 4.69) is 10.7 Å². The second kappa shape index (κ2) is 3.12. The van der Waals surface area contributed by atoms with Crippen molar-refractivity contribution in [2.45, 2.75) is 0 Å². The van der Waals surface area contributed by atoms with Crippen LogP contribution in [0.2, 0.25) is 0 Å². The molecule has 0 atom stereocenters. The van der Waals surface area contributed by atoms with Crippen molar-refractivity contribution in [2.75, 3.05) is 13.3 Å². The van der Waals surface area contributed by atoms with E-state index < -0.39 is 6.67 Å². The number of alkyl halides is 1. The number of rotatable bonds is 3. The van der Waals surface area contributed by atoms with Crippen molar-refractivity contribution in [3.63, 3.8) is 0 Å². The van der Waals surface area contributed by atoms with Gasteiger partial charge in [0.1, 0.15) is 13.3 Å². The SMILES string of the molecule is FCCOc1cc[c]o1. The summed E-state index contributed by atoms with van der Waals surface area (Å²) >= 11 is 0. The van der Waals surface area contributed by atoms with Crippen LogP contribution in [-0.4, -0.2) is 13.3 Å². The van der Waals surface area contributed by atoms with Crippen molar-refractivity contribution in [1.82, 2.24) is 0 Å². The summed E-state index contributed by atoms with van der Waals surface area (Å²) in [6.45, 7) is -0.456. The van der Waals surface area contributed by atoms with Crippen LogP contribution in [0.4, 0.5) is 4.39 Å². The van der Waals surface area contributed by atoms with Crippen molar-refractivity contribution in [3.05, 3.63) is 18.4 Å². The van der Waals surface area contributed by atoms with Crippen molar-refractivity contribution in [2.24, 2.45) is 0 Å². The summed E-state index contributed by atoms with van der Waals surface area (Å²) < 4.78 is 20.8. The van der Waals surface area contributed by atoms with E-state index in [1.807, 2.05) is 0 Å². The third-order valence-corrected chi connectivity index (χ3v) is 0.768. The first-order valence-corrected chi connectivity index (χ1v) is 2.58. The number of ether oxygens (including phenoxy) is 1. The van der Waals surface area contributed by atoms with E-state index in [0.29, 0.717) is 5.95 Å². The molecule has 0 fully saturated rings. The largest absolute Gasteiger partial charge is 0.462 e. The van der Waals surface area contributed by atoms with Crippen molar-refractivity contribution < 1.29 is 13.5 Å². The lowest BCUT2D eigenvalue weighted by Gasteiger charge is -1.94. The Morgan fingerprint density at radius 1 is 1.78 bits per heavy atom. The van der Waals surface area contributed by atoms with Gasteiger partial charge in [0, 0.05) is 6.07 Å². The standard InChI is InChI=1S/C6H6FO2/c7-3-5-9-6-2-1-4-8-6/h1-2H,3,5H2. The molecule has 0 N–H and O–H groups in total. The van der Waals surface area contributed by atoms with Gasteiger partial charge in [-0.1, -0.05) is 0 Å². The van der Waals surface area contributed by atoms with Gasteiger partial charge >= 0.3 is 0 Å². The van der Waals surface area contributed by atoms with Crippen LogP contribution in [-0.2, 0) is 0 Å². The molecule has 1 aromatic heterocycles. The topological polar surface area (TPSA) is 22.4 Å². The Morgan fingerprint density at radius 2 is 2.67 bits per heavy atom. The van der Waals surface area contributed by atoms with Crippen molar-refractivity contribution in [3.8, 4) is 5.95 Å². The molecule has 0 aromatic carbocycles. The number of furan rings is 1. The first kappa shape index (κ1) is 6.13. The van der Waals surface area contributed by atoms with Gasteiger partial charge in [0.15, 0.2) is 6.26 Å². The predicted molar refractivity (Wildman–Crippen MR) is 29.0 cm³/mol. The third kappa shape index (κ3) is 1.76. The molecule has 0 aliphatic rings. The molecule has 0 saturated heterocycles. The zero-order valence-corrected chi connectivity index (χ0v) is 4.76. The summed E-state index contributed by atoms with van der Waals surface area (Å²) in [7, 11) is 0. The Labute approximate surface area is 52.2 Å². The Kier molecular flexibility index (Phi) is 2.13. The predicted octanol–water partition coefficient (Wildman–Crippen LogP) is 1.43. The Bertz CT molecular complexity index is 148. The average Bonchev–Trinajstić information content (AvgIpc) is 2.34. The van der Waals surface area contributed by atoms with Crippen LogP contribution in [0.1, 0.15) is 0 Å². The zero-order valence-electron chi connectivity index (χ0n) is 4.76. The molecule has 0 saturated carbocycles. The molecule has 49 valence electrons. The van der Waals surface area contributed by atoms with E-state index >= 15 is 0 Å². The number of hydrogen-bond acceptors (Lipinski definition) is 2. The molecule has 0 unspecified atom stereocenters. The summed E-state index contributed by atoms with van der Waals surface area (Å²) in [4.78, 5) is 0. The average molecular weight is 129 g/mol. The first-order chi connectivity index (χ1) is 4.43. The second-order valence-electron chi connectivity index (χ2n) is 1.41. The number of halogens is 1. The highest BCUT2D eigenvalue weighted by molar-refractivity contribution is 5.02. The molecule has 1 heterocycles. The highest BCUT2D eigenvalue weighted by Gasteiger charge is 1.92. The molecule has 2 nitrogen and oxygen atoms in total. The molecule has 0 bridgehead atoms. The molecule has 0 spiro atoms. The molecule has 0 aliphatic carbocycles. The third-order valence-electron chi connectivity index (χ3n) is 0.768. The molecule has 3 heteroatoms. The Balaban J connectivity index is 2.30. The normalized spacial score (nSPS) is 9.44. The van der Waals surface area contributed by atoms with Gasteiger partial charge in [0.25, 0.3) is 5.95 Å². The smallest absolute Gasteiger partial charge is 0.285 e. The Hall–Kier alpha value is -0.990. The highest BCUT2D eigenvalue weighted by Crippen LogP contribution is 2.08. The van der Waals surface area contributed by atoms with Crippen LogP contribution in [0, 0.1) is 6.26 Å². The van der Waals surface area contributed by atoms with Gasteiger partial charge in [-0.3, -0.25) is 0 Å². The van der Waals surface area contributed by atoms with Crippen LogP contribution in [0.25, 0.3) is 0 Å². The van der Waals surface area contributed by atoms with E-state index in [4.69, 9.17) is 4.74 Å². The summed E-state index contributed by atoms with van der Waals surface area (Å²) in [6.07, 6.45) is 2.42. The summed E-state index contributed by atoms with van der Waals surface area (Å²) in [5, 5.41) is 0. The molecular formula is C6H6FO2. The summed E-state index contributed by atoms with van der Waals surface area (Å²) in [6, 6.07) is 3.14. The molecule has 1 radical (unpaired) electrons. The van der Waals surface area contributed by atoms with Crippen LogP contribution >= 0.6 is 0 Å². The van der Waals surface area contributed by atoms with Gasteiger partial charge < -0.3 is 9.15 Å². The van der Waals surface area contributed by atoms with Crippen molar-refractivity contribution >= 4 is 0 Å². The Morgan fingerprint density at radius 3 is 3.22 bits per heavy atom. The fourth-order valence-electron chi connectivity index (χ4n) is 0.445. The van der Waals surface area contributed by atoms with E-state index in [9.17, 15) is 4.39 Å². The lowest BCUT2D eigenvalue weighted by Crippen LogP contribution is -1.96. The van der Waals surface area contributed by atoms with Crippen LogP contribution in [0.5, 0.6) is 5.95 Å². The minimum Gasteiger partial charge on any atom is -0.462 e. The maximum Gasteiger partial charge on any atom is 0.285 e. The van der Waals surface area contributed by atoms with E-state index in [1.165, 1.54) is 0 Å². The summed E-state index contributed by atoms with van der Waals surface area (Å²) in [5.74, 6) is 0.313. The van der Waals surface area contributed by atoms with Crippen LogP contribution < -0.4 is 4.74 Å². The van der Waals surface area contributed by atoms with Crippen LogP contribution in [0.15, 0.2) is 16.5 Å². The highest BCUT2D eigenvalue weighted by atomic mass is 19.1. The van der Waals surface area contributed by atoms with E-state index in [1.54, 1.807) is 12.1 Å². The molecule has 1 rings (SSSR count).